The van der Waals surface area contributed by atoms with Crippen molar-refractivity contribution in [2.75, 3.05) is 20.2 Å². The Morgan fingerprint density at radius 1 is 1.13 bits per heavy atom. The van der Waals surface area contributed by atoms with Crippen LogP contribution < -0.4 is 5.73 Å². The topological polar surface area (TPSA) is 38.5 Å². The van der Waals surface area contributed by atoms with Crippen molar-refractivity contribution < 1.29 is 4.74 Å². The van der Waals surface area contributed by atoms with Crippen molar-refractivity contribution in [3.8, 4) is 0 Å². The predicted molar refractivity (Wildman–Crippen MR) is 61.8 cm³/mol. The highest BCUT2D eigenvalue weighted by molar-refractivity contribution is 4.85. The fourth-order valence-electron chi connectivity index (χ4n) is 3.01. The average Bonchev–Trinajstić information content (AvgIpc) is 2.29. The lowest BCUT2D eigenvalue weighted by molar-refractivity contribution is 0.0197. The zero-order valence-electron chi connectivity index (χ0n) is 9.82. The summed E-state index contributed by atoms with van der Waals surface area (Å²) in [4.78, 5) is 2.63. The Bertz CT molecular complexity index is 190. The van der Waals surface area contributed by atoms with E-state index in [0.29, 0.717) is 12.1 Å². The van der Waals surface area contributed by atoms with E-state index in [4.69, 9.17) is 10.5 Å². The van der Waals surface area contributed by atoms with Gasteiger partial charge in [0.2, 0.25) is 0 Å². The lowest BCUT2D eigenvalue weighted by atomic mass is 9.89. The third-order valence-corrected chi connectivity index (χ3v) is 4.01. The van der Waals surface area contributed by atoms with E-state index in [1.165, 1.54) is 51.6 Å². The van der Waals surface area contributed by atoms with Crippen LogP contribution >= 0.6 is 0 Å². The molecule has 0 amide bonds. The van der Waals surface area contributed by atoms with Gasteiger partial charge in [-0.2, -0.15) is 0 Å². The number of methoxy groups -OCH3 is 1. The van der Waals surface area contributed by atoms with E-state index in [1.807, 2.05) is 7.11 Å². The maximum Gasteiger partial charge on any atom is 0.0595 e. The molecule has 2 unspecified atom stereocenters. The summed E-state index contributed by atoms with van der Waals surface area (Å²) in [6.07, 6.45) is 7.99. The molecule has 2 fully saturated rings. The van der Waals surface area contributed by atoms with Gasteiger partial charge >= 0.3 is 0 Å². The van der Waals surface area contributed by atoms with Gasteiger partial charge in [0.05, 0.1) is 6.10 Å². The van der Waals surface area contributed by atoms with Crippen LogP contribution in [0.1, 0.15) is 38.5 Å². The van der Waals surface area contributed by atoms with Crippen molar-refractivity contribution in [3.63, 3.8) is 0 Å². The van der Waals surface area contributed by atoms with Crippen molar-refractivity contribution in [3.05, 3.63) is 0 Å². The predicted octanol–water partition coefficient (Wildman–Crippen LogP) is 1.37. The molecule has 0 aromatic carbocycles. The largest absolute Gasteiger partial charge is 0.381 e. The fourth-order valence-corrected chi connectivity index (χ4v) is 3.01. The quantitative estimate of drug-likeness (QED) is 0.751. The van der Waals surface area contributed by atoms with Gasteiger partial charge in [0.15, 0.2) is 0 Å². The molecule has 0 radical (unpaired) electrons. The molecule has 3 nitrogen and oxygen atoms in total. The van der Waals surface area contributed by atoms with Crippen LogP contribution in [0.5, 0.6) is 0 Å². The van der Waals surface area contributed by atoms with Crippen LogP contribution in [-0.2, 0) is 4.74 Å². The van der Waals surface area contributed by atoms with Gasteiger partial charge in [-0.15, -0.1) is 0 Å². The van der Waals surface area contributed by atoms with Crippen LogP contribution in [0.2, 0.25) is 0 Å². The van der Waals surface area contributed by atoms with Gasteiger partial charge < -0.3 is 15.4 Å². The molecular formula is C12H24N2O. The van der Waals surface area contributed by atoms with Crippen molar-refractivity contribution in [2.24, 2.45) is 5.73 Å². The van der Waals surface area contributed by atoms with Gasteiger partial charge in [-0.3, -0.25) is 0 Å². The molecule has 2 N–H and O–H groups in total. The smallest absolute Gasteiger partial charge is 0.0595 e. The van der Waals surface area contributed by atoms with E-state index < -0.39 is 0 Å². The normalized spacial score (nSPS) is 35.6. The molecule has 15 heavy (non-hydrogen) atoms. The van der Waals surface area contributed by atoms with E-state index >= 15 is 0 Å². The average molecular weight is 212 g/mol. The van der Waals surface area contributed by atoms with Crippen LogP contribution in [0.25, 0.3) is 0 Å². The second-order valence-corrected chi connectivity index (χ2v) is 5.05. The van der Waals surface area contributed by atoms with E-state index in [1.54, 1.807) is 0 Å². The SMILES string of the molecule is COC1CCN(C2CCCC(N)C2)CC1. The lowest BCUT2D eigenvalue weighted by Gasteiger charge is -2.40. The molecule has 2 atom stereocenters. The van der Waals surface area contributed by atoms with E-state index in [9.17, 15) is 0 Å². The van der Waals surface area contributed by atoms with E-state index in [-0.39, 0.29) is 0 Å². The third kappa shape index (κ3) is 2.92. The van der Waals surface area contributed by atoms with Crippen LogP contribution in [-0.4, -0.2) is 43.3 Å². The Labute approximate surface area is 93.0 Å². The van der Waals surface area contributed by atoms with Crippen LogP contribution in [0, 0.1) is 0 Å². The summed E-state index contributed by atoms with van der Waals surface area (Å²) in [6.45, 7) is 2.41. The number of nitrogens with zero attached hydrogens (tertiary/aromatic N) is 1. The summed E-state index contributed by atoms with van der Waals surface area (Å²) in [5.74, 6) is 0. The summed E-state index contributed by atoms with van der Waals surface area (Å²) in [5.41, 5.74) is 6.03. The summed E-state index contributed by atoms with van der Waals surface area (Å²) < 4.78 is 5.40. The lowest BCUT2D eigenvalue weighted by Crippen LogP contribution is -2.47. The Balaban J connectivity index is 1.79. The van der Waals surface area contributed by atoms with Crippen LogP contribution in [0.15, 0.2) is 0 Å². The Hall–Kier alpha value is -0.120. The van der Waals surface area contributed by atoms with Gasteiger partial charge in [-0.1, -0.05) is 6.42 Å². The first-order chi connectivity index (χ1) is 7.29. The molecule has 2 aliphatic rings. The Morgan fingerprint density at radius 2 is 1.87 bits per heavy atom. The highest BCUT2D eigenvalue weighted by atomic mass is 16.5. The summed E-state index contributed by atoms with van der Waals surface area (Å²) in [5, 5.41) is 0. The maximum absolute atomic E-state index is 6.03. The molecule has 0 spiro atoms. The minimum absolute atomic E-state index is 0.448. The maximum atomic E-state index is 6.03. The van der Waals surface area contributed by atoms with Crippen LogP contribution in [0.4, 0.5) is 0 Å². The highest BCUT2D eigenvalue weighted by Gasteiger charge is 2.28. The summed E-state index contributed by atoms with van der Waals surface area (Å²) >= 11 is 0. The number of nitrogens with two attached hydrogens (primary N) is 1. The Kier molecular flexibility index (Phi) is 4.00. The van der Waals surface area contributed by atoms with Crippen molar-refractivity contribution in [1.82, 2.24) is 4.90 Å². The number of likely N-dealkylation sites (tertiary alicyclic amines) is 1. The second kappa shape index (κ2) is 5.28. The standard InChI is InChI=1S/C12H24N2O/c1-15-12-5-7-14(8-6-12)11-4-2-3-10(13)9-11/h10-12H,2-9,13H2,1H3. The number of rotatable bonds is 2. The van der Waals surface area contributed by atoms with E-state index in [0.717, 1.165) is 6.04 Å². The number of ether oxygens (including phenoxy) is 1. The van der Waals surface area contributed by atoms with Gasteiger partial charge in [0.1, 0.15) is 0 Å². The van der Waals surface area contributed by atoms with Gasteiger partial charge in [0, 0.05) is 32.3 Å². The van der Waals surface area contributed by atoms with Gasteiger partial charge in [-0.05, 0) is 32.1 Å². The third-order valence-electron chi connectivity index (χ3n) is 4.01. The van der Waals surface area contributed by atoms with Gasteiger partial charge in [-0.25, -0.2) is 0 Å². The van der Waals surface area contributed by atoms with Gasteiger partial charge in [0.25, 0.3) is 0 Å². The minimum atomic E-state index is 0.448. The summed E-state index contributed by atoms with van der Waals surface area (Å²) in [7, 11) is 1.83. The molecule has 1 aliphatic heterocycles. The Morgan fingerprint density at radius 3 is 2.47 bits per heavy atom. The molecule has 0 aromatic rings. The molecule has 88 valence electrons. The molecule has 1 saturated heterocycles. The molecule has 1 aliphatic carbocycles. The molecule has 2 rings (SSSR count). The minimum Gasteiger partial charge on any atom is -0.381 e. The van der Waals surface area contributed by atoms with Crippen molar-refractivity contribution in [2.45, 2.75) is 56.7 Å². The first kappa shape index (κ1) is 11.4. The first-order valence-electron chi connectivity index (χ1n) is 6.32. The molecular weight excluding hydrogens is 188 g/mol. The van der Waals surface area contributed by atoms with E-state index in [2.05, 4.69) is 4.90 Å². The summed E-state index contributed by atoms with van der Waals surface area (Å²) in [6, 6.07) is 1.20. The van der Waals surface area contributed by atoms with Crippen molar-refractivity contribution >= 4 is 0 Å². The molecule has 0 bridgehead atoms. The van der Waals surface area contributed by atoms with Crippen LogP contribution in [0.3, 0.4) is 0 Å². The number of hydrogen-bond donors (Lipinski definition) is 1. The first-order valence-corrected chi connectivity index (χ1v) is 6.32. The molecule has 0 aromatic heterocycles. The second-order valence-electron chi connectivity index (χ2n) is 5.05. The molecule has 1 heterocycles. The molecule has 3 heteroatoms. The highest BCUT2D eigenvalue weighted by Crippen LogP contribution is 2.25. The zero-order chi connectivity index (χ0) is 10.7. The molecule has 1 saturated carbocycles. The number of hydrogen-bond acceptors (Lipinski definition) is 3. The zero-order valence-corrected chi connectivity index (χ0v) is 9.82. The number of piperidine rings is 1. The monoisotopic (exact) mass is 212 g/mol. The van der Waals surface area contributed by atoms with Crippen molar-refractivity contribution in [1.29, 1.82) is 0 Å². The fraction of sp³-hybridized carbons (Fsp3) is 1.00.